The molecule has 0 radical (unpaired) electrons. The van der Waals surface area contributed by atoms with Crippen molar-refractivity contribution in [1.82, 2.24) is 9.97 Å². The van der Waals surface area contributed by atoms with E-state index in [0.29, 0.717) is 24.2 Å². The van der Waals surface area contributed by atoms with Gasteiger partial charge >= 0.3 is 0 Å². The minimum atomic E-state index is -0.208. The number of pyridine rings is 2. The topological polar surface area (TPSA) is 64.5 Å². The third kappa shape index (κ3) is 2.05. The summed E-state index contributed by atoms with van der Waals surface area (Å²) in [5, 5.41) is 9.35. The van der Waals surface area contributed by atoms with Gasteiger partial charge < -0.3 is 14.6 Å². The van der Waals surface area contributed by atoms with Gasteiger partial charge in [0.15, 0.2) is 11.9 Å². The van der Waals surface area contributed by atoms with Crippen molar-refractivity contribution >= 4 is 0 Å². The average Bonchev–Trinajstić information content (AvgIpc) is 3.32. The number of rotatable bonds is 2. The summed E-state index contributed by atoms with van der Waals surface area (Å²) in [4.78, 5) is 8.52. The van der Waals surface area contributed by atoms with Gasteiger partial charge in [0.05, 0.1) is 6.20 Å². The maximum absolute atomic E-state index is 9.35. The number of aromatic nitrogens is 2. The molecule has 3 heterocycles. The zero-order valence-electron chi connectivity index (χ0n) is 10.8. The van der Waals surface area contributed by atoms with Crippen molar-refractivity contribution in [2.45, 2.75) is 24.9 Å². The molecule has 1 unspecified atom stereocenters. The molecular weight excluding hydrogens is 256 g/mol. The van der Waals surface area contributed by atoms with Gasteiger partial charge in [-0.25, -0.2) is 4.98 Å². The summed E-state index contributed by atoms with van der Waals surface area (Å²) in [6.07, 6.45) is 5.48. The Balaban J connectivity index is 1.56. The van der Waals surface area contributed by atoms with E-state index in [4.69, 9.17) is 9.47 Å². The minimum Gasteiger partial charge on any atom is -0.506 e. The van der Waals surface area contributed by atoms with Crippen LogP contribution in [0.25, 0.3) is 0 Å². The Bertz CT molecular complexity index is 638. The molecule has 1 aliphatic heterocycles. The maximum Gasteiger partial charge on any atom is 0.258 e. The average molecular weight is 270 g/mol. The van der Waals surface area contributed by atoms with E-state index >= 15 is 0 Å². The molecule has 0 aromatic carbocycles. The molecule has 5 heteroatoms. The lowest BCUT2D eigenvalue weighted by Gasteiger charge is -2.25. The molecule has 1 fully saturated rings. The Kier molecular flexibility index (Phi) is 2.52. The lowest BCUT2D eigenvalue weighted by atomic mass is 10.1. The van der Waals surface area contributed by atoms with Crippen LogP contribution in [0.4, 0.5) is 0 Å². The summed E-state index contributed by atoms with van der Waals surface area (Å²) in [5.41, 5.74) is 2.14. The molecule has 2 aromatic heterocycles. The van der Waals surface area contributed by atoms with E-state index in [1.54, 1.807) is 0 Å². The second-order valence-electron chi connectivity index (χ2n) is 5.20. The Morgan fingerprint density at radius 3 is 2.80 bits per heavy atom. The number of fused-ring (bicyclic) bond motifs is 1. The summed E-state index contributed by atoms with van der Waals surface area (Å²) in [6.45, 7) is 0.391. The second kappa shape index (κ2) is 4.37. The van der Waals surface area contributed by atoms with Gasteiger partial charge in [0.2, 0.25) is 0 Å². The molecule has 0 saturated heterocycles. The van der Waals surface area contributed by atoms with E-state index in [-0.39, 0.29) is 11.9 Å². The molecule has 5 nitrogen and oxygen atoms in total. The summed E-state index contributed by atoms with van der Waals surface area (Å²) in [7, 11) is 0. The minimum absolute atomic E-state index is 0.0706. The first-order chi connectivity index (χ1) is 9.79. The van der Waals surface area contributed by atoms with Crippen molar-refractivity contribution in [3.05, 3.63) is 41.9 Å². The quantitative estimate of drug-likeness (QED) is 0.908. The molecule has 0 bridgehead atoms. The van der Waals surface area contributed by atoms with E-state index in [1.807, 2.05) is 12.3 Å². The van der Waals surface area contributed by atoms with Crippen LogP contribution in [0, 0.1) is 0 Å². The van der Waals surface area contributed by atoms with Gasteiger partial charge in [-0.3, -0.25) is 4.98 Å². The van der Waals surface area contributed by atoms with Crippen LogP contribution >= 0.6 is 0 Å². The Morgan fingerprint density at radius 2 is 2.05 bits per heavy atom. The lowest BCUT2D eigenvalue weighted by Crippen LogP contribution is -2.22. The predicted octanol–water partition coefficient (Wildman–Crippen LogP) is 2.57. The second-order valence-corrected chi connectivity index (χ2v) is 5.20. The third-order valence-electron chi connectivity index (χ3n) is 3.62. The molecule has 2 aromatic rings. The Morgan fingerprint density at radius 1 is 1.15 bits per heavy atom. The van der Waals surface area contributed by atoms with Gasteiger partial charge in [-0.15, -0.1) is 0 Å². The zero-order valence-corrected chi connectivity index (χ0v) is 10.8. The summed E-state index contributed by atoms with van der Waals surface area (Å²) in [6, 6.07) is 5.61. The van der Waals surface area contributed by atoms with Crippen LogP contribution < -0.4 is 9.47 Å². The lowest BCUT2D eigenvalue weighted by molar-refractivity contribution is 0.0843. The van der Waals surface area contributed by atoms with Gasteiger partial charge in [-0.1, -0.05) is 6.07 Å². The van der Waals surface area contributed by atoms with Crippen molar-refractivity contribution in [1.29, 1.82) is 0 Å². The monoisotopic (exact) mass is 270 g/mol. The van der Waals surface area contributed by atoms with Crippen LogP contribution in [0.1, 0.15) is 36.1 Å². The van der Waals surface area contributed by atoms with Gasteiger partial charge in [-0.05, 0) is 18.9 Å². The van der Waals surface area contributed by atoms with Gasteiger partial charge in [0.25, 0.3) is 5.88 Å². The van der Waals surface area contributed by atoms with Crippen molar-refractivity contribution < 1.29 is 14.6 Å². The smallest absolute Gasteiger partial charge is 0.258 e. The largest absolute Gasteiger partial charge is 0.506 e. The van der Waals surface area contributed by atoms with E-state index in [9.17, 15) is 5.11 Å². The first-order valence-corrected chi connectivity index (χ1v) is 6.74. The fraction of sp³-hybridized carbons (Fsp3) is 0.333. The van der Waals surface area contributed by atoms with Crippen LogP contribution in [0.2, 0.25) is 0 Å². The van der Waals surface area contributed by atoms with Gasteiger partial charge in [0, 0.05) is 29.4 Å². The summed E-state index contributed by atoms with van der Waals surface area (Å²) in [5.74, 6) is 1.60. The summed E-state index contributed by atoms with van der Waals surface area (Å²) >= 11 is 0. The molecular formula is C15H14N2O3. The molecule has 1 saturated carbocycles. The number of ether oxygens (including phenoxy) is 2. The summed E-state index contributed by atoms with van der Waals surface area (Å²) < 4.78 is 11.4. The number of hydrogen-bond donors (Lipinski definition) is 1. The third-order valence-corrected chi connectivity index (χ3v) is 3.62. The SMILES string of the molecule is Oc1cnc2c(c1)OCC(c1ccc(C3CC3)nc1)O2. The van der Waals surface area contributed by atoms with Crippen LogP contribution in [-0.2, 0) is 0 Å². The Labute approximate surface area is 116 Å². The zero-order chi connectivity index (χ0) is 13.5. The highest BCUT2D eigenvalue weighted by molar-refractivity contribution is 5.40. The Hall–Kier alpha value is -2.30. The predicted molar refractivity (Wildman–Crippen MR) is 71.0 cm³/mol. The van der Waals surface area contributed by atoms with Gasteiger partial charge in [-0.2, -0.15) is 0 Å². The molecule has 1 aliphatic carbocycles. The number of nitrogens with zero attached hydrogens (tertiary/aromatic N) is 2. The highest BCUT2D eigenvalue weighted by Gasteiger charge is 2.27. The first-order valence-electron chi connectivity index (χ1n) is 6.74. The van der Waals surface area contributed by atoms with Crippen LogP contribution in [0.5, 0.6) is 17.4 Å². The molecule has 0 spiro atoms. The van der Waals surface area contributed by atoms with E-state index in [0.717, 1.165) is 11.3 Å². The fourth-order valence-electron chi connectivity index (χ4n) is 2.34. The van der Waals surface area contributed by atoms with E-state index in [1.165, 1.54) is 25.1 Å². The number of aromatic hydroxyl groups is 1. The number of hydrogen-bond acceptors (Lipinski definition) is 5. The highest BCUT2D eigenvalue weighted by atomic mass is 16.6. The fourth-order valence-corrected chi connectivity index (χ4v) is 2.34. The molecule has 102 valence electrons. The highest BCUT2D eigenvalue weighted by Crippen LogP contribution is 2.40. The molecule has 0 amide bonds. The molecule has 1 atom stereocenters. The van der Waals surface area contributed by atoms with Crippen LogP contribution in [0.3, 0.4) is 0 Å². The van der Waals surface area contributed by atoms with Crippen molar-refractivity contribution in [3.8, 4) is 17.4 Å². The van der Waals surface area contributed by atoms with Crippen molar-refractivity contribution in [2.75, 3.05) is 6.61 Å². The van der Waals surface area contributed by atoms with Crippen molar-refractivity contribution in [3.63, 3.8) is 0 Å². The maximum atomic E-state index is 9.35. The van der Waals surface area contributed by atoms with Crippen LogP contribution in [-0.4, -0.2) is 21.7 Å². The molecule has 4 rings (SSSR count). The molecule has 20 heavy (non-hydrogen) atoms. The normalized spacial score (nSPS) is 20.7. The van der Waals surface area contributed by atoms with Crippen molar-refractivity contribution in [2.24, 2.45) is 0 Å². The van der Waals surface area contributed by atoms with E-state index in [2.05, 4.69) is 16.0 Å². The molecule has 2 aliphatic rings. The standard InChI is InChI=1S/C15H14N2O3/c18-11-5-13-15(17-7-11)20-14(8-19-13)10-3-4-12(16-6-10)9-1-2-9/h3-7,9,14,18H,1-2,8H2. The van der Waals surface area contributed by atoms with Crippen LogP contribution in [0.15, 0.2) is 30.6 Å². The van der Waals surface area contributed by atoms with E-state index < -0.39 is 0 Å². The van der Waals surface area contributed by atoms with Gasteiger partial charge in [0.1, 0.15) is 12.4 Å². The first kappa shape index (κ1) is 11.5. The molecule has 1 N–H and O–H groups in total.